The zero-order valence-electron chi connectivity index (χ0n) is 12.0. The largest absolute Gasteiger partial charge is 0.327 e. The van der Waals surface area contributed by atoms with E-state index < -0.39 is 9.84 Å². The van der Waals surface area contributed by atoms with Gasteiger partial charge in [-0.25, -0.2) is 8.42 Å². The zero-order chi connectivity index (χ0) is 14.0. The molecule has 0 heterocycles. The SMILES string of the molecule is CC(C)(C)SCC(N)C1CCCC(S(C)(=O)=O)C1. The maximum absolute atomic E-state index is 11.6. The van der Waals surface area contributed by atoms with E-state index in [9.17, 15) is 8.42 Å². The van der Waals surface area contributed by atoms with Gasteiger partial charge in [-0.1, -0.05) is 27.2 Å². The smallest absolute Gasteiger partial charge is 0.150 e. The van der Waals surface area contributed by atoms with Gasteiger partial charge in [0, 0.05) is 22.8 Å². The van der Waals surface area contributed by atoms with Gasteiger partial charge in [-0.3, -0.25) is 0 Å². The topological polar surface area (TPSA) is 60.2 Å². The monoisotopic (exact) mass is 293 g/mol. The fourth-order valence-corrected chi connectivity index (χ4v) is 4.60. The molecule has 0 aromatic heterocycles. The molecule has 0 saturated heterocycles. The minimum atomic E-state index is -2.90. The molecule has 1 aliphatic carbocycles. The van der Waals surface area contributed by atoms with Gasteiger partial charge >= 0.3 is 0 Å². The molecule has 0 bridgehead atoms. The average Bonchev–Trinajstić information content (AvgIpc) is 2.24. The predicted molar refractivity (Wildman–Crippen MR) is 80.8 cm³/mol. The Bertz CT molecular complexity index is 360. The molecule has 1 fully saturated rings. The summed E-state index contributed by atoms with van der Waals surface area (Å²) in [6, 6.07) is 0.124. The van der Waals surface area contributed by atoms with Crippen LogP contribution in [-0.2, 0) is 9.84 Å². The number of nitrogens with two attached hydrogens (primary N) is 1. The van der Waals surface area contributed by atoms with Crippen LogP contribution in [0, 0.1) is 5.92 Å². The van der Waals surface area contributed by atoms with E-state index in [-0.39, 0.29) is 16.0 Å². The summed E-state index contributed by atoms with van der Waals surface area (Å²) in [4.78, 5) is 0. The van der Waals surface area contributed by atoms with Crippen LogP contribution < -0.4 is 5.73 Å². The van der Waals surface area contributed by atoms with Gasteiger partial charge in [0.05, 0.1) is 5.25 Å². The highest BCUT2D eigenvalue weighted by Crippen LogP contribution is 2.32. The van der Waals surface area contributed by atoms with Gasteiger partial charge in [0.15, 0.2) is 0 Å². The Labute approximate surface area is 116 Å². The molecule has 0 radical (unpaired) electrons. The van der Waals surface area contributed by atoms with Crippen molar-refractivity contribution in [3.05, 3.63) is 0 Å². The summed E-state index contributed by atoms with van der Waals surface area (Å²) in [5.74, 6) is 1.29. The van der Waals surface area contributed by atoms with Gasteiger partial charge in [-0.2, -0.15) is 11.8 Å². The summed E-state index contributed by atoms with van der Waals surface area (Å²) in [5, 5.41) is -0.165. The first-order valence-corrected chi connectivity index (χ1v) is 9.62. The van der Waals surface area contributed by atoms with Gasteiger partial charge in [-0.15, -0.1) is 0 Å². The Hall–Kier alpha value is 0.260. The molecule has 3 atom stereocenters. The molecule has 5 heteroatoms. The zero-order valence-corrected chi connectivity index (χ0v) is 13.6. The van der Waals surface area contributed by atoms with Crippen LogP contribution in [0.1, 0.15) is 46.5 Å². The average molecular weight is 293 g/mol. The van der Waals surface area contributed by atoms with Crippen molar-refractivity contribution in [2.45, 2.75) is 62.5 Å². The lowest BCUT2D eigenvalue weighted by atomic mass is 9.84. The standard InChI is InChI=1S/C13H27NO2S2/c1-13(2,3)17-9-12(14)10-6-5-7-11(8-10)18(4,15)16/h10-12H,5-9,14H2,1-4H3. The van der Waals surface area contributed by atoms with Crippen LogP contribution in [0.4, 0.5) is 0 Å². The maximum atomic E-state index is 11.6. The lowest BCUT2D eigenvalue weighted by molar-refractivity contribution is 0.319. The van der Waals surface area contributed by atoms with Crippen LogP contribution in [0.15, 0.2) is 0 Å². The second-order valence-corrected chi connectivity index (χ2v) is 10.6. The summed E-state index contributed by atoms with van der Waals surface area (Å²) in [5.41, 5.74) is 6.25. The molecular weight excluding hydrogens is 266 g/mol. The molecule has 1 saturated carbocycles. The second kappa shape index (κ2) is 6.14. The fraction of sp³-hybridized carbons (Fsp3) is 1.00. The quantitative estimate of drug-likeness (QED) is 0.865. The summed E-state index contributed by atoms with van der Waals surface area (Å²) >= 11 is 1.87. The molecule has 0 amide bonds. The third kappa shape index (κ3) is 5.49. The first kappa shape index (κ1) is 16.3. The summed E-state index contributed by atoms with van der Waals surface area (Å²) in [6.45, 7) is 6.56. The third-order valence-corrected chi connectivity index (χ3v) is 6.64. The Morgan fingerprint density at radius 3 is 2.44 bits per heavy atom. The normalized spacial score (nSPS) is 28.1. The van der Waals surface area contributed by atoms with E-state index in [2.05, 4.69) is 20.8 Å². The fourth-order valence-electron chi connectivity index (χ4n) is 2.44. The first-order valence-electron chi connectivity index (χ1n) is 6.68. The van der Waals surface area contributed by atoms with E-state index in [1.807, 2.05) is 11.8 Å². The molecule has 1 aliphatic rings. The highest BCUT2D eigenvalue weighted by atomic mass is 32.2. The number of rotatable bonds is 4. The lowest BCUT2D eigenvalue weighted by Crippen LogP contribution is -2.39. The van der Waals surface area contributed by atoms with E-state index >= 15 is 0 Å². The van der Waals surface area contributed by atoms with Crippen molar-refractivity contribution in [2.75, 3.05) is 12.0 Å². The van der Waals surface area contributed by atoms with Crippen molar-refractivity contribution in [3.63, 3.8) is 0 Å². The van der Waals surface area contributed by atoms with Crippen LogP contribution in [-0.4, -0.2) is 36.5 Å². The van der Waals surface area contributed by atoms with Crippen LogP contribution >= 0.6 is 11.8 Å². The van der Waals surface area contributed by atoms with Crippen LogP contribution in [0.2, 0.25) is 0 Å². The molecular formula is C13H27NO2S2. The van der Waals surface area contributed by atoms with Crippen LogP contribution in [0.25, 0.3) is 0 Å². The molecule has 0 aromatic carbocycles. The van der Waals surface area contributed by atoms with Crippen molar-refractivity contribution in [2.24, 2.45) is 11.7 Å². The molecule has 1 rings (SSSR count). The van der Waals surface area contributed by atoms with Crippen molar-refractivity contribution in [3.8, 4) is 0 Å². The third-order valence-electron chi connectivity index (χ3n) is 3.59. The van der Waals surface area contributed by atoms with E-state index in [0.717, 1.165) is 31.4 Å². The molecule has 0 aliphatic heterocycles. The highest BCUT2D eigenvalue weighted by molar-refractivity contribution is 8.00. The molecule has 2 N–H and O–H groups in total. The highest BCUT2D eigenvalue weighted by Gasteiger charge is 2.32. The Morgan fingerprint density at radius 2 is 1.94 bits per heavy atom. The lowest BCUT2D eigenvalue weighted by Gasteiger charge is -2.33. The second-order valence-electron chi connectivity index (χ2n) is 6.47. The maximum Gasteiger partial charge on any atom is 0.150 e. The van der Waals surface area contributed by atoms with Gasteiger partial charge < -0.3 is 5.73 Å². The van der Waals surface area contributed by atoms with E-state index in [1.54, 1.807) is 0 Å². The van der Waals surface area contributed by atoms with E-state index in [0.29, 0.717) is 5.92 Å². The van der Waals surface area contributed by atoms with E-state index in [4.69, 9.17) is 5.73 Å². The van der Waals surface area contributed by atoms with Gasteiger partial charge in [0.2, 0.25) is 0 Å². The summed E-state index contributed by atoms with van der Waals surface area (Å²) in [7, 11) is -2.90. The Balaban J connectivity index is 2.51. The Morgan fingerprint density at radius 1 is 1.33 bits per heavy atom. The van der Waals surface area contributed by atoms with Crippen LogP contribution in [0.5, 0.6) is 0 Å². The first-order chi connectivity index (χ1) is 8.09. The summed E-state index contributed by atoms with van der Waals surface area (Å²) in [6.07, 6.45) is 5.00. The van der Waals surface area contributed by atoms with Gasteiger partial charge in [-0.05, 0) is 25.2 Å². The molecule has 0 aromatic rings. The molecule has 18 heavy (non-hydrogen) atoms. The van der Waals surface area contributed by atoms with Crippen molar-refractivity contribution < 1.29 is 8.42 Å². The Kier molecular flexibility index (Phi) is 5.57. The summed E-state index contributed by atoms with van der Waals surface area (Å²) < 4.78 is 23.5. The number of sulfone groups is 1. The van der Waals surface area contributed by atoms with E-state index in [1.165, 1.54) is 6.26 Å². The molecule has 0 spiro atoms. The van der Waals surface area contributed by atoms with Gasteiger partial charge in [0.25, 0.3) is 0 Å². The number of thioether (sulfide) groups is 1. The predicted octanol–water partition coefficient (Wildman–Crippen LogP) is 2.45. The number of hydrogen-bond donors (Lipinski definition) is 1. The number of hydrogen-bond acceptors (Lipinski definition) is 4. The molecule has 3 unspecified atom stereocenters. The molecule has 3 nitrogen and oxygen atoms in total. The van der Waals surface area contributed by atoms with Crippen molar-refractivity contribution >= 4 is 21.6 Å². The minimum absolute atomic E-state index is 0.124. The minimum Gasteiger partial charge on any atom is -0.327 e. The van der Waals surface area contributed by atoms with Crippen LogP contribution in [0.3, 0.4) is 0 Å². The molecule has 108 valence electrons. The van der Waals surface area contributed by atoms with Gasteiger partial charge in [0.1, 0.15) is 9.84 Å². The van der Waals surface area contributed by atoms with Crippen molar-refractivity contribution in [1.82, 2.24) is 0 Å². The van der Waals surface area contributed by atoms with Crippen molar-refractivity contribution in [1.29, 1.82) is 0 Å².